The molecule has 0 aliphatic rings. The van der Waals surface area contributed by atoms with Crippen molar-refractivity contribution in [2.75, 3.05) is 5.88 Å². The zero-order chi connectivity index (χ0) is 7.49. The second kappa shape index (κ2) is 3.65. The molecule has 0 N–H and O–H groups in total. The lowest BCUT2D eigenvalue weighted by Gasteiger charge is -2.22. The largest absolute Gasteiger partial charge is 0.228 e. The minimum atomic E-state index is -1.07. The van der Waals surface area contributed by atoms with Crippen LogP contribution in [0.4, 0.5) is 0 Å². The van der Waals surface area contributed by atoms with Gasteiger partial charge in [0.1, 0.15) is 5.60 Å². The zero-order valence-corrected chi connectivity index (χ0v) is 7.17. The average molecular weight is 170 g/mol. The first-order valence-electron chi connectivity index (χ1n) is 2.95. The molecule has 0 aliphatic carbocycles. The maximum absolute atomic E-state index is 11.2. The molecule has 9 heavy (non-hydrogen) atoms. The summed E-state index contributed by atoms with van der Waals surface area (Å²) in [7, 11) is 0. The van der Waals surface area contributed by atoms with Crippen LogP contribution in [0.2, 0.25) is 0 Å². The topological polar surface area (TPSA) is 19.9 Å². The molecule has 2 unspecified atom stereocenters. The SMILES string of the molecule is CCC(C)([O])C(Cl)CCl. The first-order chi connectivity index (χ1) is 4.04. The van der Waals surface area contributed by atoms with E-state index >= 15 is 0 Å². The van der Waals surface area contributed by atoms with Crippen molar-refractivity contribution in [3.63, 3.8) is 0 Å². The van der Waals surface area contributed by atoms with Gasteiger partial charge in [-0.3, -0.25) is 0 Å². The molecule has 1 radical (unpaired) electrons. The molecule has 0 spiro atoms. The van der Waals surface area contributed by atoms with Gasteiger partial charge in [0.15, 0.2) is 0 Å². The molecule has 3 heteroatoms. The van der Waals surface area contributed by atoms with E-state index in [0.717, 1.165) is 0 Å². The van der Waals surface area contributed by atoms with Crippen LogP contribution in [0, 0.1) is 0 Å². The second-order valence-electron chi connectivity index (χ2n) is 2.29. The Balaban J connectivity index is 3.80. The number of alkyl halides is 2. The highest BCUT2D eigenvalue weighted by atomic mass is 35.5. The van der Waals surface area contributed by atoms with Crippen LogP contribution < -0.4 is 0 Å². The molecular formula is C6H11Cl2O. The average Bonchev–Trinajstić information content (AvgIpc) is 1.86. The lowest BCUT2D eigenvalue weighted by Crippen LogP contribution is -2.34. The zero-order valence-electron chi connectivity index (χ0n) is 5.66. The molecule has 0 heterocycles. The molecular weight excluding hydrogens is 159 g/mol. The fraction of sp³-hybridized carbons (Fsp3) is 1.00. The van der Waals surface area contributed by atoms with E-state index in [-0.39, 0.29) is 5.88 Å². The predicted octanol–water partition coefficient (Wildman–Crippen LogP) is 2.43. The highest BCUT2D eigenvalue weighted by Crippen LogP contribution is 2.21. The summed E-state index contributed by atoms with van der Waals surface area (Å²) in [6.07, 6.45) is 0.522. The number of hydrogen-bond acceptors (Lipinski definition) is 0. The number of hydrogen-bond donors (Lipinski definition) is 0. The summed E-state index contributed by atoms with van der Waals surface area (Å²) in [6, 6.07) is 0. The number of halogens is 2. The summed E-state index contributed by atoms with van der Waals surface area (Å²) < 4.78 is 0. The lowest BCUT2D eigenvalue weighted by atomic mass is 10.0. The van der Waals surface area contributed by atoms with Gasteiger partial charge in [0.05, 0.1) is 5.38 Å². The van der Waals surface area contributed by atoms with Crippen LogP contribution in [0.25, 0.3) is 0 Å². The van der Waals surface area contributed by atoms with Gasteiger partial charge in [-0.1, -0.05) is 6.92 Å². The summed E-state index contributed by atoms with van der Waals surface area (Å²) >= 11 is 11.0. The van der Waals surface area contributed by atoms with E-state index in [1.165, 1.54) is 0 Å². The molecule has 0 aliphatic heterocycles. The Bertz CT molecular complexity index is 83.1. The third kappa shape index (κ3) is 2.74. The smallest absolute Gasteiger partial charge is 0.118 e. The first-order valence-corrected chi connectivity index (χ1v) is 3.92. The Kier molecular flexibility index (Phi) is 3.86. The van der Waals surface area contributed by atoms with Crippen LogP contribution in [0.15, 0.2) is 0 Å². The fourth-order valence-corrected chi connectivity index (χ4v) is 0.865. The highest BCUT2D eigenvalue weighted by Gasteiger charge is 2.29. The van der Waals surface area contributed by atoms with Gasteiger partial charge in [-0.25, -0.2) is 5.11 Å². The molecule has 0 fully saturated rings. The highest BCUT2D eigenvalue weighted by molar-refractivity contribution is 6.28. The third-order valence-electron chi connectivity index (χ3n) is 1.50. The molecule has 0 bridgehead atoms. The summed E-state index contributed by atoms with van der Waals surface area (Å²) in [4.78, 5) is 0. The van der Waals surface area contributed by atoms with Crippen LogP contribution in [0.1, 0.15) is 20.3 Å². The van der Waals surface area contributed by atoms with Crippen molar-refractivity contribution >= 4 is 23.2 Å². The van der Waals surface area contributed by atoms with Gasteiger partial charge in [-0.2, -0.15) is 0 Å². The van der Waals surface area contributed by atoms with Crippen LogP contribution in [-0.2, 0) is 5.11 Å². The molecule has 55 valence electrons. The second-order valence-corrected chi connectivity index (χ2v) is 3.12. The summed E-state index contributed by atoms with van der Waals surface area (Å²) in [5.41, 5.74) is -1.07. The van der Waals surface area contributed by atoms with Crippen molar-refractivity contribution in [3.05, 3.63) is 0 Å². The minimum absolute atomic E-state index is 0.232. The van der Waals surface area contributed by atoms with E-state index < -0.39 is 11.0 Å². The van der Waals surface area contributed by atoms with Crippen LogP contribution >= 0.6 is 23.2 Å². The van der Waals surface area contributed by atoms with Gasteiger partial charge in [-0.15, -0.1) is 23.2 Å². The molecule has 0 aromatic rings. The van der Waals surface area contributed by atoms with E-state index in [1.54, 1.807) is 6.92 Å². The number of rotatable bonds is 3. The molecule has 0 aromatic carbocycles. The van der Waals surface area contributed by atoms with Gasteiger partial charge >= 0.3 is 0 Å². The maximum Gasteiger partial charge on any atom is 0.118 e. The van der Waals surface area contributed by atoms with E-state index in [9.17, 15) is 5.11 Å². The van der Waals surface area contributed by atoms with E-state index in [2.05, 4.69) is 0 Å². The van der Waals surface area contributed by atoms with Crippen LogP contribution in [0.5, 0.6) is 0 Å². The Morgan fingerprint density at radius 1 is 1.67 bits per heavy atom. The summed E-state index contributed by atoms with van der Waals surface area (Å²) in [5, 5.41) is 10.7. The summed E-state index contributed by atoms with van der Waals surface area (Å²) in [5.74, 6) is 0.232. The van der Waals surface area contributed by atoms with E-state index in [0.29, 0.717) is 6.42 Å². The van der Waals surface area contributed by atoms with Gasteiger partial charge < -0.3 is 0 Å². The van der Waals surface area contributed by atoms with Gasteiger partial charge in [-0.05, 0) is 13.3 Å². The monoisotopic (exact) mass is 169 g/mol. The minimum Gasteiger partial charge on any atom is -0.228 e. The van der Waals surface area contributed by atoms with Gasteiger partial charge in [0, 0.05) is 5.88 Å². The van der Waals surface area contributed by atoms with Crippen molar-refractivity contribution < 1.29 is 5.11 Å². The quantitative estimate of drug-likeness (QED) is 0.579. The third-order valence-corrected chi connectivity index (χ3v) is 2.58. The van der Waals surface area contributed by atoms with Crippen molar-refractivity contribution in [3.8, 4) is 0 Å². The fourth-order valence-electron chi connectivity index (χ4n) is 0.385. The first kappa shape index (κ1) is 9.54. The van der Waals surface area contributed by atoms with E-state index in [1.807, 2.05) is 6.92 Å². The van der Waals surface area contributed by atoms with Crippen molar-refractivity contribution in [2.24, 2.45) is 0 Å². The van der Waals surface area contributed by atoms with E-state index in [4.69, 9.17) is 23.2 Å². The maximum atomic E-state index is 11.2. The Hall–Kier alpha value is 0.540. The predicted molar refractivity (Wildman–Crippen MR) is 39.7 cm³/mol. The molecule has 0 saturated heterocycles. The standard InChI is InChI=1S/C6H11Cl2O/c1-3-6(2,9)5(8)4-7/h5H,3-4H2,1-2H3. The molecule has 0 amide bonds. The van der Waals surface area contributed by atoms with Gasteiger partial charge in [0.25, 0.3) is 0 Å². The molecule has 0 saturated carbocycles. The molecule has 0 rings (SSSR count). The summed E-state index contributed by atoms with van der Waals surface area (Å²) in [6.45, 7) is 3.39. The molecule has 0 aromatic heterocycles. The Morgan fingerprint density at radius 2 is 2.11 bits per heavy atom. The van der Waals surface area contributed by atoms with Crippen molar-refractivity contribution in [1.29, 1.82) is 0 Å². The molecule has 1 nitrogen and oxygen atoms in total. The Labute approximate surface area is 66.0 Å². The van der Waals surface area contributed by atoms with Crippen molar-refractivity contribution in [1.82, 2.24) is 0 Å². The Morgan fingerprint density at radius 3 is 2.22 bits per heavy atom. The van der Waals surface area contributed by atoms with Crippen LogP contribution in [-0.4, -0.2) is 16.9 Å². The van der Waals surface area contributed by atoms with Crippen LogP contribution in [0.3, 0.4) is 0 Å². The van der Waals surface area contributed by atoms with Gasteiger partial charge in [0.2, 0.25) is 0 Å². The normalized spacial score (nSPS) is 21.0. The molecule has 2 atom stereocenters. The van der Waals surface area contributed by atoms with Crippen molar-refractivity contribution in [2.45, 2.75) is 31.2 Å². The lowest BCUT2D eigenvalue weighted by molar-refractivity contribution is -0.0152.